The highest BCUT2D eigenvalue weighted by molar-refractivity contribution is 7.07. The van der Waals surface area contributed by atoms with Crippen molar-refractivity contribution in [2.75, 3.05) is 0 Å². The second-order valence-electron chi connectivity index (χ2n) is 3.74. The summed E-state index contributed by atoms with van der Waals surface area (Å²) in [7, 11) is 0. The minimum atomic E-state index is -0.925. The van der Waals surface area contributed by atoms with E-state index < -0.39 is 11.6 Å². The molecule has 1 aromatic heterocycles. The van der Waals surface area contributed by atoms with E-state index in [2.05, 4.69) is 0 Å². The van der Waals surface area contributed by atoms with E-state index in [1.54, 1.807) is 0 Å². The minimum absolute atomic E-state index is 0.0700. The van der Waals surface area contributed by atoms with Crippen LogP contribution in [-0.2, 0) is 17.6 Å². The van der Waals surface area contributed by atoms with Crippen LogP contribution < -0.4 is 0 Å². The Hall–Kier alpha value is -1.55. The molecular formula is C13H10F2OS. The van der Waals surface area contributed by atoms with Gasteiger partial charge in [-0.05, 0) is 34.0 Å². The molecule has 1 nitrogen and oxygen atoms in total. The third kappa shape index (κ3) is 2.97. The molecule has 1 aromatic carbocycles. The molecule has 4 heteroatoms. The normalized spacial score (nSPS) is 10.5. The standard InChI is InChI=1S/C13H10F2OS/c14-12-3-1-2-10(13(12)15)7-11(16)6-9-4-5-17-8-9/h1-5,8H,6-7H2. The average Bonchev–Trinajstić information content (AvgIpc) is 2.77. The summed E-state index contributed by atoms with van der Waals surface area (Å²) in [5, 5.41) is 3.76. The maximum atomic E-state index is 13.3. The molecule has 0 saturated carbocycles. The summed E-state index contributed by atoms with van der Waals surface area (Å²) in [4.78, 5) is 11.7. The molecule has 17 heavy (non-hydrogen) atoms. The van der Waals surface area contributed by atoms with E-state index in [9.17, 15) is 13.6 Å². The van der Waals surface area contributed by atoms with Gasteiger partial charge in [-0.25, -0.2) is 8.78 Å². The second kappa shape index (κ2) is 5.19. The molecular weight excluding hydrogens is 242 g/mol. The highest BCUT2D eigenvalue weighted by Gasteiger charge is 2.12. The Labute approximate surface area is 102 Å². The largest absolute Gasteiger partial charge is 0.299 e. The summed E-state index contributed by atoms with van der Waals surface area (Å²) in [6, 6.07) is 5.74. The topological polar surface area (TPSA) is 17.1 Å². The molecule has 0 atom stereocenters. The van der Waals surface area contributed by atoms with Crippen LogP contribution in [-0.4, -0.2) is 5.78 Å². The van der Waals surface area contributed by atoms with Gasteiger partial charge in [0.2, 0.25) is 0 Å². The fourth-order valence-electron chi connectivity index (χ4n) is 1.58. The smallest absolute Gasteiger partial charge is 0.162 e. The maximum Gasteiger partial charge on any atom is 0.162 e. The van der Waals surface area contributed by atoms with Crippen molar-refractivity contribution in [3.8, 4) is 0 Å². The Morgan fingerprint density at radius 2 is 2.00 bits per heavy atom. The van der Waals surface area contributed by atoms with Gasteiger partial charge in [0.15, 0.2) is 11.6 Å². The number of carbonyl (C=O) groups excluding carboxylic acids is 1. The van der Waals surface area contributed by atoms with Gasteiger partial charge in [-0.15, -0.1) is 0 Å². The van der Waals surface area contributed by atoms with E-state index in [-0.39, 0.29) is 24.2 Å². The van der Waals surface area contributed by atoms with Gasteiger partial charge in [0.1, 0.15) is 5.78 Å². The fraction of sp³-hybridized carbons (Fsp3) is 0.154. The summed E-state index contributed by atoms with van der Waals surface area (Å²) in [5.41, 5.74) is 1.03. The van der Waals surface area contributed by atoms with E-state index in [0.717, 1.165) is 11.6 Å². The molecule has 0 fully saturated rings. The van der Waals surface area contributed by atoms with Gasteiger partial charge in [-0.2, -0.15) is 11.3 Å². The Bertz CT molecular complexity index is 520. The Kier molecular flexibility index (Phi) is 3.64. The fourth-order valence-corrected chi connectivity index (χ4v) is 2.25. The van der Waals surface area contributed by atoms with Gasteiger partial charge in [0.25, 0.3) is 0 Å². The second-order valence-corrected chi connectivity index (χ2v) is 4.52. The molecule has 2 aromatic rings. The molecule has 88 valence electrons. The third-order valence-corrected chi connectivity index (χ3v) is 3.13. The number of thiophene rings is 1. The van der Waals surface area contributed by atoms with Crippen LogP contribution in [0.5, 0.6) is 0 Å². The van der Waals surface area contributed by atoms with Crippen molar-refractivity contribution in [1.82, 2.24) is 0 Å². The predicted molar refractivity (Wildman–Crippen MR) is 63.1 cm³/mol. The van der Waals surface area contributed by atoms with Crippen LogP contribution in [0.2, 0.25) is 0 Å². The zero-order valence-electron chi connectivity index (χ0n) is 8.95. The van der Waals surface area contributed by atoms with E-state index in [1.807, 2.05) is 16.8 Å². The summed E-state index contributed by atoms with van der Waals surface area (Å²) in [6.07, 6.45) is 0.193. The number of ketones is 1. The molecule has 2 rings (SSSR count). The van der Waals surface area contributed by atoms with Crippen molar-refractivity contribution in [2.45, 2.75) is 12.8 Å². The molecule has 0 aliphatic carbocycles. The lowest BCUT2D eigenvalue weighted by atomic mass is 10.0. The molecule has 0 radical (unpaired) electrons. The van der Waals surface area contributed by atoms with E-state index >= 15 is 0 Å². The zero-order valence-corrected chi connectivity index (χ0v) is 9.77. The van der Waals surface area contributed by atoms with Gasteiger partial charge in [0.05, 0.1) is 0 Å². The van der Waals surface area contributed by atoms with E-state index in [4.69, 9.17) is 0 Å². The van der Waals surface area contributed by atoms with Crippen LogP contribution in [0.15, 0.2) is 35.0 Å². The monoisotopic (exact) mass is 252 g/mol. The van der Waals surface area contributed by atoms with Gasteiger partial charge in [-0.3, -0.25) is 4.79 Å². The van der Waals surface area contributed by atoms with Crippen molar-refractivity contribution in [3.63, 3.8) is 0 Å². The van der Waals surface area contributed by atoms with Gasteiger partial charge in [0, 0.05) is 12.8 Å². The number of halogens is 2. The van der Waals surface area contributed by atoms with E-state index in [1.165, 1.54) is 23.5 Å². The quantitative estimate of drug-likeness (QED) is 0.815. The van der Waals surface area contributed by atoms with Crippen LogP contribution in [0.1, 0.15) is 11.1 Å². The number of hydrogen-bond donors (Lipinski definition) is 0. The number of hydrogen-bond acceptors (Lipinski definition) is 2. The summed E-state index contributed by atoms with van der Waals surface area (Å²) >= 11 is 1.51. The van der Waals surface area contributed by atoms with Crippen molar-refractivity contribution in [2.24, 2.45) is 0 Å². The van der Waals surface area contributed by atoms with Gasteiger partial charge >= 0.3 is 0 Å². The SMILES string of the molecule is O=C(Cc1ccsc1)Cc1cccc(F)c1F. The van der Waals surface area contributed by atoms with Crippen molar-refractivity contribution >= 4 is 17.1 Å². The molecule has 0 spiro atoms. The lowest BCUT2D eigenvalue weighted by molar-refractivity contribution is -0.117. The number of Topliss-reactive ketones (excluding diaryl/α,β-unsaturated/α-hetero) is 1. The number of rotatable bonds is 4. The number of benzene rings is 1. The predicted octanol–water partition coefficient (Wildman–Crippen LogP) is 3.38. The van der Waals surface area contributed by atoms with E-state index in [0.29, 0.717) is 0 Å². The first-order valence-electron chi connectivity index (χ1n) is 5.12. The molecule has 0 N–H and O–H groups in total. The lowest BCUT2D eigenvalue weighted by Gasteiger charge is -2.02. The molecule has 0 amide bonds. The van der Waals surface area contributed by atoms with Crippen LogP contribution >= 0.6 is 11.3 Å². The lowest BCUT2D eigenvalue weighted by Crippen LogP contribution is -2.08. The van der Waals surface area contributed by atoms with Crippen LogP contribution in [0.4, 0.5) is 8.78 Å². The molecule has 0 saturated heterocycles. The van der Waals surface area contributed by atoms with Gasteiger partial charge in [-0.1, -0.05) is 12.1 Å². The van der Waals surface area contributed by atoms with Crippen LogP contribution in [0.3, 0.4) is 0 Å². The Balaban J connectivity index is 2.06. The minimum Gasteiger partial charge on any atom is -0.299 e. The van der Waals surface area contributed by atoms with Crippen LogP contribution in [0, 0.1) is 11.6 Å². The highest BCUT2D eigenvalue weighted by atomic mass is 32.1. The maximum absolute atomic E-state index is 13.3. The summed E-state index contributed by atoms with van der Waals surface area (Å²) in [5.74, 6) is -1.95. The zero-order chi connectivity index (χ0) is 12.3. The molecule has 0 bridgehead atoms. The third-order valence-electron chi connectivity index (χ3n) is 2.40. The highest BCUT2D eigenvalue weighted by Crippen LogP contribution is 2.14. The Morgan fingerprint density at radius 1 is 1.18 bits per heavy atom. The van der Waals surface area contributed by atoms with Crippen molar-refractivity contribution in [1.29, 1.82) is 0 Å². The number of carbonyl (C=O) groups is 1. The first-order chi connectivity index (χ1) is 8.16. The summed E-state index contributed by atoms with van der Waals surface area (Å²) < 4.78 is 26.2. The molecule has 0 aliphatic heterocycles. The average molecular weight is 252 g/mol. The van der Waals surface area contributed by atoms with Crippen LogP contribution in [0.25, 0.3) is 0 Å². The van der Waals surface area contributed by atoms with Crippen molar-refractivity contribution in [3.05, 3.63) is 57.8 Å². The molecule has 0 aliphatic rings. The summed E-state index contributed by atoms with van der Waals surface area (Å²) in [6.45, 7) is 0. The van der Waals surface area contributed by atoms with Gasteiger partial charge < -0.3 is 0 Å². The van der Waals surface area contributed by atoms with Crippen molar-refractivity contribution < 1.29 is 13.6 Å². The molecule has 1 heterocycles. The Morgan fingerprint density at radius 3 is 2.71 bits per heavy atom. The first-order valence-corrected chi connectivity index (χ1v) is 6.07. The first kappa shape index (κ1) is 11.9. The molecule has 0 unspecified atom stereocenters.